The van der Waals surface area contributed by atoms with Crippen molar-refractivity contribution >= 4 is 39.2 Å². The third kappa shape index (κ3) is 4.86. The van der Waals surface area contributed by atoms with Crippen LogP contribution in [0.3, 0.4) is 0 Å². The number of sulfonamides is 1. The molecule has 30 heavy (non-hydrogen) atoms. The second-order valence-electron chi connectivity index (χ2n) is 6.92. The molecule has 3 aromatic rings. The summed E-state index contributed by atoms with van der Waals surface area (Å²) in [7, 11) is -3.74. The fourth-order valence-electron chi connectivity index (χ4n) is 3.19. The second-order valence-corrected chi connectivity index (χ2v) is 9.72. The molecule has 9 nitrogen and oxygen atoms in total. The predicted octanol–water partition coefficient (Wildman–Crippen LogP) is 2.59. The highest BCUT2D eigenvalue weighted by Gasteiger charge is 2.19. The highest BCUT2D eigenvalue weighted by atomic mass is 32.2. The van der Waals surface area contributed by atoms with Gasteiger partial charge in [0.2, 0.25) is 21.9 Å². The van der Waals surface area contributed by atoms with Crippen molar-refractivity contribution < 1.29 is 13.2 Å². The molecule has 0 bridgehead atoms. The number of aromatic amines is 1. The van der Waals surface area contributed by atoms with E-state index < -0.39 is 15.9 Å². The van der Waals surface area contributed by atoms with E-state index in [1.54, 1.807) is 6.07 Å². The van der Waals surface area contributed by atoms with Gasteiger partial charge in [0.1, 0.15) is 0 Å². The average Bonchev–Trinajstić information content (AvgIpc) is 3.45. The van der Waals surface area contributed by atoms with Crippen LogP contribution in [0, 0.1) is 0 Å². The quantitative estimate of drug-likeness (QED) is 0.513. The smallest absolute Gasteiger partial charge is 0.258 e. The molecular weight excluding hydrogens is 424 g/mol. The zero-order valence-corrected chi connectivity index (χ0v) is 17.8. The maximum atomic E-state index is 12.6. The van der Waals surface area contributed by atoms with Crippen LogP contribution in [0.15, 0.2) is 46.7 Å². The van der Waals surface area contributed by atoms with Crippen molar-refractivity contribution in [1.82, 2.24) is 19.9 Å². The largest absolute Gasteiger partial charge is 0.340 e. The van der Waals surface area contributed by atoms with Crippen molar-refractivity contribution in [1.29, 1.82) is 0 Å². The fourth-order valence-corrected chi connectivity index (χ4v) is 4.98. The Hall–Kier alpha value is -2.76. The number of hydrogen-bond acceptors (Lipinski definition) is 7. The standard InChI is InChI=1S/C19H22N6O3S2/c26-17(21-18-22-19(24-23-18)25-9-2-1-3-10-25)14-6-4-8-16(12-14)30(27,28)20-13-15-7-5-11-29-15/h4-8,11-12,20H,1-3,9-10,13H2,(H2,21,22,23,24,26). The minimum Gasteiger partial charge on any atom is -0.340 e. The number of nitrogens with one attached hydrogen (secondary N) is 3. The van der Waals surface area contributed by atoms with Gasteiger partial charge in [-0.05, 0) is 48.9 Å². The van der Waals surface area contributed by atoms with Crippen LogP contribution in [-0.2, 0) is 16.6 Å². The Morgan fingerprint density at radius 1 is 1.17 bits per heavy atom. The number of amides is 1. The summed E-state index contributed by atoms with van der Waals surface area (Å²) in [5, 5.41) is 11.4. The van der Waals surface area contributed by atoms with Gasteiger partial charge in [0.15, 0.2) is 0 Å². The lowest BCUT2D eigenvalue weighted by molar-refractivity contribution is 0.102. The lowest BCUT2D eigenvalue weighted by atomic mass is 10.1. The summed E-state index contributed by atoms with van der Waals surface area (Å²) >= 11 is 1.47. The molecule has 1 saturated heterocycles. The molecule has 0 unspecified atom stereocenters. The van der Waals surface area contributed by atoms with E-state index in [1.807, 2.05) is 17.5 Å². The molecule has 1 fully saturated rings. The summed E-state index contributed by atoms with van der Waals surface area (Å²) in [5.41, 5.74) is 0.213. The Morgan fingerprint density at radius 3 is 2.77 bits per heavy atom. The SMILES string of the molecule is O=C(Nc1nc(N2CCCCC2)n[nH]1)c1cccc(S(=O)(=O)NCc2cccs2)c1. The second kappa shape index (κ2) is 8.94. The fraction of sp³-hybridized carbons (Fsp3) is 0.316. The molecule has 4 rings (SSSR count). The first-order valence-electron chi connectivity index (χ1n) is 9.62. The number of carbonyl (C=O) groups is 1. The summed E-state index contributed by atoms with van der Waals surface area (Å²) < 4.78 is 27.7. The van der Waals surface area contributed by atoms with E-state index in [2.05, 4.69) is 30.1 Å². The lowest BCUT2D eigenvalue weighted by Gasteiger charge is -2.24. The van der Waals surface area contributed by atoms with Crippen LogP contribution in [0.4, 0.5) is 11.9 Å². The zero-order valence-electron chi connectivity index (χ0n) is 16.2. The van der Waals surface area contributed by atoms with Crippen molar-refractivity contribution in [2.45, 2.75) is 30.7 Å². The highest BCUT2D eigenvalue weighted by molar-refractivity contribution is 7.89. The molecule has 1 aliphatic rings. The predicted molar refractivity (Wildman–Crippen MR) is 115 cm³/mol. The first kappa shape index (κ1) is 20.5. The number of H-pyrrole nitrogens is 1. The van der Waals surface area contributed by atoms with Crippen molar-refractivity contribution in [3.05, 3.63) is 52.2 Å². The molecule has 1 aromatic carbocycles. The van der Waals surface area contributed by atoms with Gasteiger partial charge in [0.25, 0.3) is 5.91 Å². The summed E-state index contributed by atoms with van der Waals surface area (Å²) in [6, 6.07) is 9.60. The third-order valence-electron chi connectivity index (χ3n) is 4.77. The van der Waals surface area contributed by atoms with Gasteiger partial charge in [-0.3, -0.25) is 10.1 Å². The van der Waals surface area contributed by atoms with E-state index in [0.29, 0.717) is 5.95 Å². The van der Waals surface area contributed by atoms with E-state index in [9.17, 15) is 13.2 Å². The molecule has 3 N–H and O–H groups in total. The Balaban J connectivity index is 1.43. The maximum Gasteiger partial charge on any atom is 0.258 e. The molecule has 0 aliphatic carbocycles. The molecule has 3 heterocycles. The van der Waals surface area contributed by atoms with Gasteiger partial charge in [-0.15, -0.1) is 16.4 Å². The number of hydrogen-bond donors (Lipinski definition) is 3. The maximum absolute atomic E-state index is 12.6. The topological polar surface area (TPSA) is 120 Å². The molecular formula is C19H22N6O3S2. The number of carbonyl (C=O) groups excluding carboxylic acids is 1. The van der Waals surface area contributed by atoms with Gasteiger partial charge >= 0.3 is 0 Å². The molecule has 0 radical (unpaired) electrons. The van der Waals surface area contributed by atoms with Crippen molar-refractivity contribution in [2.24, 2.45) is 0 Å². The monoisotopic (exact) mass is 446 g/mol. The van der Waals surface area contributed by atoms with Gasteiger partial charge in [0.05, 0.1) is 4.90 Å². The highest BCUT2D eigenvalue weighted by Crippen LogP contribution is 2.18. The number of thiophene rings is 1. The van der Waals surface area contributed by atoms with E-state index in [1.165, 1.54) is 36.0 Å². The van der Waals surface area contributed by atoms with E-state index >= 15 is 0 Å². The first-order chi connectivity index (χ1) is 14.5. The zero-order chi connectivity index (χ0) is 21.0. The molecule has 1 aliphatic heterocycles. The number of piperidine rings is 1. The van der Waals surface area contributed by atoms with Crippen LogP contribution in [0.2, 0.25) is 0 Å². The number of nitrogens with zero attached hydrogens (tertiary/aromatic N) is 3. The van der Waals surface area contributed by atoms with Gasteiger partial charge in [0, 0.05) is 30.1 Å². The van der Waals surface area contributed by atoms with Crippen LogP contribution in [0.1, 0.15) is 34.5 Å². The van der Waals surface area contributed by atoms with Crippen LogP contribution in [-0.4, -0.2) is 42.6 Å². The van der Waals surface area contributed by atoms with Crippen LogP contribution < -0.4 is 14.9 Å². The minimum atomic E-state index is -3.74. The van der Waals surface area contributed by atoms with Gasteiger partial charge in [-0.25, -0.2) is 18.2 Å². The summed E-state index contributed by atoms with van der Waals surface area (Å²) in [6.07, 6.45) is 3.39. The van der Waals surface area contributed by atoms with E-state index in [4.69, 9.17) is 0 Å². The van der Waals surface area contributed by atoms with Crippen molar-refractivity contribution in [3.63, 3.8) is 0 Å². The minimum absolute atomic E-state index is 0.0262. The van der Waals surface area contributed by atoms with E-state index in [0.717, 1.165) is 30.8 Å². The molecule has 0 spiro atoms. The Kier molecular flexibility index (Phi) is 6.11. The van der Waals surface area contributed by atoms with Crippen molar-refractivity contribution in [3.8, 4) is 0 Å². The van der Waals surface area contributed by atoms with Gasteiger partial charge in [-0.1, -0.05) is 12.1 Å². The molecule has 158 valence electrons. The number of aromatic nitrogens is 3. The summed E-state index contributed by atoms with van der Waals surface area (Å²) in [6.45, 7) is 1.99. The molecule has 0 saturated carbocycles. The average molecular weight is 447 g/mol. The van der Waals surface area contributed by atoms with E-state index in [-0.39, 0.29) is 23.0 Å². The Morgan fingerprint density at radius 2 is 2.00 bits per heavy atom. The normalized spacial score (nSPS) is 14.6. The third-order valence-corrected chi connectivity index (χ3v) is 7.04. The van der Waals surface area contributed by atoms with Gasteiger partial charge < -0.3 is 4.90 Å². The van der Waals surface area contributed by atoms with Crippen LogP contribution in [0.25, 0.3) is 0 Å². The van der Waals surface area contributed by atoms with Gasteiger partial charge in [-0.2, -0.15) is 4.98 Å². The molecule has 1 amide bonds. The Labute approximate surface area is 178 Å². The first-order valence-corrected chi connectivity index (χ1v) is 12.0. The number of rotatable bonds is 7. The summed E-state index contributed by atoms with van der Waals surface area (Å²) in [5.74, 6) is 0.315. The van der Waals surface area contributed by atoms with Crippen molar-refractivity contribution in [2.75, 3.05) is 23.3 Å². The van der Waals surface area contributed by atoms with Crippen LogP contribution >= 0.6 is 11.3 Å². The molecule has 0 atom stereocenters. The Bertz CT molecular complexity index is 1110. The molecule has 11 heteroatoms. The number of anilines is 2. The molecule has 2 aromatic heterocycles. The van der Waals surface area contributed by atoms with Crippen LogP contribution in [0.5, 0.6) is 0 Å². The number of benzene rings is 1. The summed E-state index contributed by atoms with van der Waals surface area (Å²) in [4.78, 5) is 19.9. The lowest BCUT2D eigenvalue weighted by Crippen LogP contribution is -2.30.